The third kappa shape index (κ3) is 3.25. The molecule has 4 heteroatoms. The van der Waals surface area contributed by atoms with Crippen LogP contribution < -0.4 is 0 Å². The number of hydrogen-bond acceptors (Lipinski definition) is 3. The molecular formula is C14H21NO3. The summed E-state index contributed by atoms with van der Waals surface area (Å²) in [5.41, 5.74) is -1.22. The third-order valence-electron chi connectivity index (χ3n) is 3.05. The number of terminal acetylenes is 1. The van der Waals surface area contributed by atoms with Gasteiger partial charge in [-0.1, -0.05) is 0 Å². The Kier molecular flexibility index (Phi) is 4.05. The topological polar surface area (TPSA) is 46.6 Å². The number of amides is 1. The standard InChI is InChI=1S/C14H21NO3/c1-6-7-8-11(16)14(9-10-14)15(5)12(17)18-13(2,3)4/h1H,7-10H2,2-5H3. The Hall–Kier alpha value is -1.50. The molecule has 0 atom stereocenters. The first kappa shape index (κ1) is 14.6. The minimum atomic E-state index is -0.667. The summed E-state index contributed by atoms with van der Waals surface area (Å²) in [4.78, 5) is 25.4. The van der Waals surface area contributed by atoms with Gasteiger partial charge >= 0.3 is 6.09 Å². The lowest BCUT2D eigenvalue weighted by Crippen LogP contribution is -2.46. The van der Waals surface area contributed by atoms with Gasteiger partial charge in [0.15, 0.2) is 5.78 Å². The Labute approximate surface area is 109 Å². The van der Waals surface area contributed by atoms with Crippen LogP contribution in [0.15, 0.2) is 0 Å². The molecule has 1 aliphatic carbocycles. The molecule has 0 unspecified atom stereocenters. The highest BCUT2D eigenvalue weighted by atomic mass is 16.6. The van der Waals surface area contributed by atoms with Gasteiger partial charge in [0, 0.05) is 19.9 Å². The van der Waals surface area contributed by atoms with E-state index in [-0.39, 0.29) is 5.78 Å². The second-order valence-electron chi connectivity index (χ2n) is 5.70. The molecule has 0 aromatic heterocycles. The summed E-state index contributed by atoms with van der Waals surface area (Å²) in [6, 6.07) is 0. The number of ether oxygens (including phenoxy) is 1. The maximum Gasteiger partial charge on any atom is 0.410 e. The Morgan fingerprint density at radius 3 is 2.33 bits per heavy atom. The van der Waals surface area contributed by atoms with Crippen molar-refractivity contribution in [3.05, 3.63) is 0 Å². The molecule has 1 amide bonds. The number of nitrogens with zero attached hydrogens (tertiary/aromatic N) is 1. The lowest BCUT2D eigenvalue weighted by molar-refractivity contribution is -0.125. The molecule has 0 aromatic carbocycles. The highest BCUT2D eigenvalue weighted by Gasteiger charge is 2.54. The fourth-order valence-corrected chi connectivity index (χ4v) is 1.84. The quantitative estimate of drug-likeness (QED) is 0.721. The SMILES string of the molecule is C#CCCC(=O)C1(N(C)C(=O)OC(C)(C)C)CC1. The van der Waals surface area contributed by atoms with Crippen LogP contribution in [0.2, 0.25) is 0 Å². The van der Waals surface area contributed by atoms with Crippen molar-refractivity contribution in [3.63, 3.8) is 0 Å². The van der Waals surface area contributed by atoms with E-state index in [1.807, 2.05) is 0 Å². The molecule has 1 aliphatic rings. The maximum absolute atomic E-state index is 12.1. The van der Waals surface area contributed by atoms with E-state index in [1.165, 1.54) is 4.90 Å². The van der Waals surface area contributed by atoms with E-state index in [2.05, 4.69) is 5.92 Å². The number of likely N-dealkylation sites (N-methyl/N-ethyl adjacent to an activating group) is 1. The lowest BCUT2D eigenvalue weighted by Gasteiger charge is -2.30. The largest absolute Gasteiger partial charge is 0.444 e. The predicted octanol–water partition coefficient (Wildman–Crippen LogP) is 2.37. The predicted molar refractivity (Wildman–Crippen MR) is 69.0 cm³/mol. The smallest absolute Gasteiger partial charge is 0.410 e. The molecule has 18 heavy (non-hydrogen) atoms. The first-order valence-electron chi connectivity index (χ1n) is 6.16. The van der Waals surface area contributed by atoms with E-state index in [9.17, 15) is 9.59 Å². The number of hydrogen-bond donors (Lipinski definition) is 0. The molecule has 0 spiro atoms. The van der Waals surface area contributed by atoms with Crippen LogP contribution in [-0.4, -0.2) is 35.0 Å². The number of ketones is 1. The number of carbonyl (C=O) groups is 2. The minimum absolute atomic E-state index is 0.0359. The Morgan fingerprint density at radius 1 is 1.39 bits per heavy atom. The third-order valence-corrected chi connectivity index (χ3v) is 3.05. The summed E-state index contributed by atoms with van der Waals surface area (Å²) in [5, 5.41) is 0. The van der Waals surface area contributed by atoms with Crippen molar-refractivity contribution >= 4 is 11.9 Å². The lowest BCUT2D eigenvalue weighted by atomic mass is 10.1. The van der Waals surface area contributed by atoms with E-state index in [0.717, 1.165) is 0 Å². The van der Waals surface area contributed by atoms with Crippen molar-refractivity contribution in [1.82, 2.24) is 4.90 Å². The molecule has 100 valence electrons. The summed E-state index contributed by atoms with van der Waals surface area (Å²) in [7, 11) is 1.62. The summed E-state index contributed by atoms with van der Waals surface area (Å²) in [5.74, 6) is 2.49. The first-order valence-corrected chi connectivity index (χ1v) is 6.16. The van der Waals surface area contributed by atoms with E-state index in [0.29, 0.717) is 25.7 Å². The second-order valence-corrected chi connectivity index (χ2v) is 5.70. The molecule has 0 saturated heterocycles. The van der Waals surface area contributed by atoms with Gasteiger partial charge in [0.25, 0.3) is 0 Å². The van der Waals surface area contributed by atoms with Crippen molar-refractivity contribution in [2.24, 2.45) is 0 Å². The molecule has 0 aliphatic heterocycles. The van der Waals surface area contributed by atoms with Crippen molar-refractivity contribution in [2.75, 3.05) is 7.05 Å². The molecular weight excluding hydrogens is 230 g/mol. The Bertz CT molecular complexity index is 383. The molecule has 0 aromatic rings. The van der Waals surface area contributed by atoms with Gasteiger partial charge in [-0.15, -0.1) is 12.3 Å². The van der Waals surface area contributed by atoms with Crippen LogP contribution in [0.4, 0.5) is 4.79 Å². The molecule has 0 radical (unpaired) electrons. The fourth-order valence-electron chi connectivity index (χ4n) is 1.84. The molecule has 1 rings (SSSR count). The highest BCUT2D eigenvalue weighted by molar-refractivity contribution is 5.94. The second kappa shape index (κ2) is 5.01. The number of carbonyl (C=O) groups excluding carboxylic acids is 2. The summed E-state index contributed by atoms with van der Waals surface area (Å²) >= 11 is 0. The van der Waals surface area contributed by atoms with Crippen molar-refractivity contribution in [1.29, 1.82) is 0 Å². The Balaban J connectivity index is 2.66. The van der Waals surface area contributed by atoms with Crippen molar-refractivity contribution < 1.29 is 14.3 Å². The van der Waals surface area contributed by atoms with E-state index in [4.69, 9.17) is 11.2 Å². The zero-order valence-corrected chi connectivity index (χ0v) is 11.6. The van der Waals surface area contributed by atoms with E-state index in [1.54, 1.807) is 27.8 Å². The maximum atomic E-state index is 12.1. The average Bonchev–Trinajstić information content (AvgIpc) is 3.03. The van der Waals surface area contributed by atoms with Gasteiger partial charge in [0.2, 0.25) is 0 Å². The first-order chi connectivity index (χ1) is 8.23. The normalized spacial score (nSPS) is 16.6. The van der Waals surface area contributed by atoms with Crippen LogP contribution >= 0.6 is 0 Å². The minimum Gasteiger partial charge on any atom is -0.444 e. The molecule has 0 heterocycles. The van der Waals surface area contributed by atoms with Gasteiger partial charge in [-0.25, -0.2) is 4.79 Å². The van der Waals surface area contributed by atoms with Gasteiger partial charge in [-0.3, -0.25) is 9.69 Å². The van der Waals surface area contributed by atoms with Crippen molar-refractivity contribution in [2.45, 2.75) is 57.6 Å². The van der Waals surface area contributed by atoms with Crippen LogP contribution in [0.1, 0.15) is 46.5 Å². The fraction of sp³-hybridized carbons (Fsp3) is 0.714. The van der Waals surface area contributed by atoms with Gasteiger partial charge in [-0.05, 0) is 33.6 Å². The van der Waals surface area contributed by atoms with E-state index < -0.39 is 17.2 Å². The van der Waals surface area contributed by atoms with Gasteiger partial charge in [-0.2, -0.15) is 0 Å². The monoisotopic (exact) mass is 251 g/mol. The number of rotatable bonds is 4. The van der Waals surface area contributed by atoms with Gasteiger partial charge < -0.3 is 4.74 Å². The van der Waals surface area contributed by atoms with E-state index >= 15 is 0 Å². The molecule has 0 bridgehead atoms. The zero-order valence-electron chi connectivity index (χ0n) is 11.6. The van der Waals surface area contributed by atoms with Crippen LogP contribution in [-0.2, 0) is 9.53 Å². The zero-order chi connectivity index (χ0) is 14.0. The molecule has 4 nitrogen and oxygen atoms in total. The van der Waals surface area contributed by atoms with Crippen molar-refractivity contribution in [3.8, 4) is 12.3 Å². The van der Waals surface area contributed by atoms with Crippen LogP contribution in [0.5, 0.6) is 0 Å². The number of Topliss-reactive ketones (excluding diaryl/α,β-unsaturated/α-hetero) is 1. The van der Waals surface area contributed by atoms with Crippen LogP contribution in [0.25, 0.3) is 0 Å². The van der Waals surface area contributed by atoms with Gasteiger partial charge in [0.05, 0.1) is 0 Å². The Morgan fingerprint density at radius 2 is 1.94 bits per heavy atom. The molecule has 1 saturated carbocycles. The highest BCUT2D eigenvalue weighted by Crippen LogP contribution is 2.43. The van der Waals surface area contributed by atoms with Crippen LogP contribution in [0, 0.1) is 12.3 Å². The van der Waals surface area contributed by atoms with Crippen LogP contribution in [0.3, 0.4) is 0 Å². The summed E-state index contributed by atoms with van der Waals surface area (Å²) in [6.07, 6.45) is 6.85. The summed E-state index contributed by atoms with van der Waals surface area (Å²) in [6.45, 7) is 5.41. The molecule has 1 fully saturated rings. The molecule has 0 N–H and O–H groups in total. The van der Waals surface area contributed by atoms with Gasteiger partial charge in [0.1, 0.15) is 11.1 Å². The average molecular weight is 251 g/mol. The summed E-state index contributed by atoms with van der Waals surface area (Å²) < 4.78 is 5.27.